The molecule has 0 bridgehead atoms. The number of aromatic nitrogens is 1. The van der Waals surface area contributed by atoms with E-state index in [0.29, 0.717) is 31.7 Å². The minimum absolute atomic E-state index is 0.0314. The maximum absolute atomic E-state index is 13.4. The van der Waals surface area contributed by atoms with Crippen molar-refractivity contribution in [2.24, 2.45) is 0 Å². The number of hydrogen-bond donors (Lipinski definition) is 2. The van der Waals surface area contributed by atoms with Gasteiger partial charge in [0, 0.05) is 30.2 Å². The Labute approximate surface area is 138 Å². The van der Waals surface area contributed by atoms with E-state index in [9.17, 15) is 9.18 Å². The minimum Gasteiger partial charge on any atom is -0.378 e. The standard InChI is InChI=1S/C16H19ClFN3O2/c1-21-4-5-23-9-15(21)16(22)19-3-2-10-8-20-14-7-13(18)12(17)6-11(10)14/h6-8,15,20H,2-5,9H2,1H3,(H,19,22). The number of hydrogen-bond acceptors (Lipinski definition) is 3. The first kappa shape index (κ1) is 16.2. The monoisotopic (exact) mass is 339 g/mol. The molecule has 0 radical (unpaired) electrons. The van der Waals surface area contributed by atoms with Gasteiger partial charge in [-0.05, 0) is 31.2 Å². The van der Waals surface area contributed by atoms with Crippen LogP contribution in [0.1, 0.15) is 5.56 Å². The Balaban J connectivity index is 1.60. The van der Waals surface area contributed by atoms with E-state index < -0.39 is 5.82 Å². The molecule has 0 saturated carbocycles. The lowest BCUT2D eigenvalue weighted by Gasteiger charge is -2.31. The zero-order chi connectivity index (χ0) is 16.4. The van der Waals surface area contributed by atoms with Crippen LogP contribution in [0.2, 0.25) is 5.02 Å². The summed E-state index contributed by atoms with van der Waals surface area (Å²) in [6, 6.07) is 2.76. The van der Waals surface area contributed by atoms with Crippen LogP contribution in [0.3, 0.4) is 0 Å². The first-order valence-electron chi connectivity index (χ1n) is 7.57. The molecule has 124 valence electrons. The number of carbonyl (C=O) groups is 1. The Morgan fingerprint density at radius 3 is 3.17 bits per heavy atom. The first-order chi connectivity index (χ1) is 11.1. The van der Waals surface area contributed by atoms with E-state index in [1.165, 1.54) is 6.07 Å². The number of amides is 1. The summed E-state index contributed by atoms with van der Waals surface area (Å²) in [6.45, 7) is 2.34. The molecule has 1 unspecified atom stereocenters. The molecule has 1 fully saturated rings. The molecule has 1 aromatic carbocycles. The van der Waals surface area contributed by atoms with E-state index in [-0.39, 0.29) is 17.0 Å². The Morgan fingerprint density at radius 2 is 2.39 bits per heavy atom. The van der Waals surface area contributed by atoms with Gasteiger partial charge in [-0.2, -0.15) is 0 Å². The number of nitrogens with one attached hydrogen (secondary N) is 2. The second-order valence-electron chi connectivity index (χ2n) is 5.74. The van der Waals surface area contributed by atoms with Gasteiger partial charge in [0.15, 0.2) is 0 Å². The number of aromatic amines is 1. The lowest BCUT2D eigenvalue weighted by atomic mass is 10.1. The molecular weight excluding hydrogens is 321 g/mol. The van der Waals surface area contributed by atoms with Crippen molar-refractivity contribution in [3.05, 3.63) is 34.7 Å². The number of benzene rings is 1. The SMILES string of the molecule is CN1CCOCC1C(=O)NCCc1c[nH]c2cc(F)c(Cl)cc12. The summed E-state index contributed by atoms with van der Waals surface area (Å²) >= 11 is 5.84. The largest absolute Gasteiger partial charge is 0.378 e. The molecule has 2 N–H and O–H groups in total. The van der Waals surface area contributed by atoms with E-state index >= 15 is 0 Å². The average Bonchev–Trinajstić information content (AvgIpc) is 2.90. The predicted molar refractivity (Wildman–Crippen MR) is 87.2 cm³/mol. The maximum Gasteiger partial charge on any atom is 0.239 e. The van der Waals surface area contributed by atoms with E-state index in [1.54, 1.807) is 6.07 Å². The van der Waals surface area contributed by atoms with Crippen molar-refractivity contribution in [3.63, 3.8) is 0 Å². The molecule has 1 aromatic heterocycles. The normalized spacial score (nSPS) is 19.2. The number of nitrogens with zero attached hydrogens (tertiary/aromatic N) is 1. The van der Waals surface area contributed by atoms with Gasteiger partial charge in [-0.3, -0.25) is 9.69 Å². The van der Waals surface area contributed by atoms with Crippen molar-refractivity contribution in [2.45, 2.75) is 12.5 Å². The van der Waals surface area contributed by atoms with Crippen LogP contribution in [0.25, 0.3) is 10.9 Å². The average molecular weight is 340 g/mol. The van der Waals surface area contributed by atoms with Crippen molar-refractivity contribution < 1.29 is 13.9 Å². The van der Waals surface area contributed by atoms with Crippen molar-refractivity contribution >= 4 is 28.4 Å². The number of halogens is 2. The molecule has 0 aliphatic carbocycles. The van der Waals surface area contributed by atoms with Crippen LogP contribution in [-0.4, -0.2) is 55.2 Å². The lowest BCUT2D eigenvalue weighted by molar-refractivity contribution is -0.131. The van der Waals surface area contributed by atoms with Gasteiger partial charge in [-0.25, -0.2) is 4.39 Å². The van der Waals surface area contributed by atoms with Crippen LogP contribution in [0.15, 0.2) is 18.3 Å². The van der Waals surface area contributed by atoms with Gasteiger partial charge in [0.1, 0.15) is 11.9 Å². The van der Waals surface area contributed by atoms with Crippen LogP contribution in [0.5, 0.6) is 0 Å². The molecule has 1 atom stereocenters. The van der Waals surface area contributed by atoms with Crippen molar-refractivity contribution in [3.8, 4) is 0 Å². The third kappa shape index (κ3) is 3.49. The summed E-state index contributed by atoms with van der Waals surface area (Å²) in [4.78, 5) is 17.2. The highest BCUT2D eigenvalue weighted by Gasteiger charge is 2.26. The summed E-state index contributed by atoms with van der Waals surface area (Å²) in [5.41, 5.74) is 1.70. The van der Waals surface area contributed by atoms with Crippen LogP contribution < -0.4 is 5.32 Å². The highest BCUT2D eigenvalue weighted by molar-refractivity contribution is 6.31. The third-order valence-corrected chi connectivity index (χ3v) is 4.49. The molecule has 23 heavy (non-hydrogen) atoms. The zero-order valence-electron chi connectivity index (χ0n) is 12.9. The third-order valence-electron chi connectivity index (χ3n) is 4.20. The van der Waals surface area contributed by atoms with Gasteiger partial charge in [0.2, 0.25) is 5.91 Å². The summed E-state index contributed by atoms with van der Waals surface area (Å²) in [7, 11) is 1.92. The number of rotatable bonds is 4. The zero-order valence-corrected chi connectivity index (χ0v) is 13.6. The van der Waals surface area contributed by atoms with Crippen molar-refractivity contribution in [1.29, 1.82) is 0 Å². The van der Waals surface area contributed by atoms with Gasteiger partial charge < -0.3 is 15.0 Å². The van der Waals surface area contributed by atoms with Gasteiger partial charge >= 0.3 is 0 Å². The number of likely N-dealkylation sites (N-methyl/N-ethyl adjacent to an activating group) is 1. The van der Waals surface area contributed by atoms with Gasteiger partial charge in [-0.1, -0.05) is 11.6 Å². The molecule has 5 nitrogen and oxygen atoms in total. The molecule has 1 amide bonds. The fraction of sp³-hybridized carbons (Fsp3) is 0.438. The Kier molecular flexibility index (Phi) is 4.84. The van der Waals surface area contributed by atoms with Crippen molar-refractivity contribution in [2.75, 3.05) is 33.4 Å². The van der Waals surface area contributed by atoms with Crippen LogP contribution >= 0.6 is 11.6 Å². The molecule has 2 aromatic rings. The molecule has 7 heteroatoms. The van der Waals surface area contributed by atoms with Gasteiger partial charge in [0.25, 0.3) is 0 Å². The molecule has 1 aliphatic rings. The molecule has 1 saturated heterocycles. The number of morpholine rings is 1. The lowest BCUT2D eigenvalue weighted by Crippen LogP contribution is -2.52. The molecular formula is C16H19ClFN3O2. The molecule has 1 aliphatic heterocycles. The first-order valence-corrected chi connectivity index (χ1v) is 7.95. The quantitative estimate of drug-likeness (QED) is 0.895. The topological polar surface area (TPSA) is 57.4 Å². The van der Waals surface area contributed by atoms with Crippen LogP contribution in [0.4, 0.5) is 4.39 Å². The molecule has 2 heterocycles. The maximum atomic E-state index is 13.4. The van der Waals surface area contributed by atoms with Gasteiger partial charge in [-0.15, -0.1) is 0 Å². The highest BCUT2D eigenvalue weighted by Crippen LogP contribution is 2.25. The summed E-state index contributed by atoms with van der Waals surface area (Å²) in [5.74, 6) is -0.475. The number of ether oxygens (including phenoxy) is 1. The molecule has 0 spiro atoms. The highest BCUT2D eigenvalue weighted by atomic mass is 35.5. The smallest absolute Gasteiger partial charge is 0.239 e. The van der Waals surface area contributed by atoms with Crippen LogP contribution in [0, 0.1) is 5.82 Å². The van der Waals surface area contributed by atoms with E-state index in [1.807, 2.05) is 18.1 Å². The number of H-pyrrole nitrogens is 1. The fourth-order valence-corrected chi connectivity index (χ4v) is 2.95. The minimum atomic E-state index is -0.443. The number of carbonyl (C=O) groups excluding carboxylic acids is 1. The predicted octanol–water partition coefficient (Wildman–Crippen LogP) is 1.95. The van der Waals surface area contributed by atoms with Gasteiger partial charge in [0.05, 0.1) is 18.2 Å². The van der Waals surface area contributed by atoms with E-state index in [0.717, 1.165) is 17.5 Å². The van der Waals surface area contributed by atoms with E-state index in [2.05, 4.69) is 10.3 Å². The molecule has 3 rings (SSSR count). The van der Waals surface area contributed by atoms with Crippen LogP contribution in [-0.2, 0) is 16.0 Å². The Morgan fingerprint density at radius 1 is 1.57 bits per heavy atom. The second kappa shape index (κ2) is 6.86. The summed E-state index contributed by atoms with van der Waals surface area (Å²) < 4.78 is 18.8. The number of fused-ring (bicyclic) bond motifs is 1. The summed E-state index contributed by atoms with van der Waals surface area (Å²) in [5, 5.41) is 3.91. The Bertz CT molecular complexity index is 719. The van der Waals surface area contributed by atoms with Crippen molar-refractivity contribution in [1.82, 2.24) is 15.2 Å². The Hall–Kier alpha value is -1.63. The second-order valence-corrected chi connectivity index (χ2v) is 6.15. The summed E-state index contributed by atoms with van der Waals surface area (Å²) in [6.07, 6.45) is 2.47. The fourth-order valence-electron chi connectivity index (χ4n) is 2.78. The van der Waals surface area contributed by atoms with E-state index in [4.69, 9.17) is 16.3 Å².